The molecular formula is C16H19NO4S2. The summed E-state index contributed by atoms with van der Waals surface area (Å²) in [5, 5.41) is 0. The van der Waals surface area contributed by atoms with Gasteiger partial charge in [0.2, 0.25) is 0 Å². The quantitative estimate of drug-likeness (QED) is 0.596. The van der Waals surface area contributed by atoms with Crippen LogP contribution in [0.2, 0.25) is 0 Å². The molecule has 3 aliphatic rings. The predicted molar refractivity (Wildman–Crippen MR) is 91.2 cm³/mol. The van der Waals surface area contributed by atoms with Crippen LogP contribution in [0.5, 0.6) is 0 Å². The SMILES string of the molecule is CO[C@H]1O[C@@H]2COC(c3ccccc3)O[C@H]2[C@@H]2[C@H]1N2C(=S)SC. The van der Waals surface area contributed by atoms with E-state index in [9.17, 15) is 0 Å². The first-order valence-electron chi connectivity index (χ1n) is 7.61. The molecule has 1 aromatic rings. The van der Waals surface area contributed by atoms with Gasteiger partial charge in [0.1, 0.15) is 22.6 Å². The van der Waals surface area contributed by atoms with E-state index in [4.69, 9.17) is 31.2 Å². The Morgan fingerprint density at radius 3 is 2.74 bits per heavy atom. The topological polar surface area (TPSA) is 39.9 Å². The number of hydrogen-bond acceptors (Lipinski definition) is 6. The second-order valence-electron chi connectivity index (χ2n) is 5.81. The first-order valence-corrected chi connectivity index (χ1v) is 9.24. The number of nitrogens with zero attached hydrogens (tertiary/aromatic N) is 1. The minimum absolute atomic E-state index is 0.0598. The Morgan fingerprint density at radius 1 is 1.26 bits per heavy atom. The predicted octanol–water partition coefficient (Wildman–Crippen LogP) is 2.17. The number of methoxy groups -OCH3 is 1. The lowest BCUT2D eigenvalue weighted by atomic mass is 10.0. The molecule has 0 saturated carbocycles. The van der Waals surface area contributed by atoms with Crippen LogP contribution in [-0.4, -0.2) is 59.8 Å². The van der Waals surface area contributed by atoms with Crippen molar-refractivity contribution in [2.75, 3.05) is 20.0 Å². The minimum Gasteiger partial charge on any atom is -0.354 e. The number of ether oxygens (including phenoxy) is 4. The van der Waals surface area contributed by atoms with Crippen LogP contribution in [0.1, 0.15) is 11.9 Å². The summed E-state index contributed by atoms with van der Waals surface area (Å²) in [5.41, 5.74) is 1.02. The van der Waals surface area contributed by atoms with Crippen LogP contribution < -0.4 is 0 Å². The maximum Gasteiger partial charge on any atom is 0.184 e. The van der Waals surface area contributed by atoms with Crippen molar-refractivity contribution in [3.05, 3.63) is 35.9 Å². The normalized spacial score (nSPS) is 38.6. The third-order valence-corrected chi connectivity index (χ3v) is 5.85. The summed E-state index contributed by atoms with van der Waals surface area (Å²) < 4.78 is 24.5. The molecule has 3 saturated heterocycles. The molecule has 5 nitrogen and oxygen atoms in total. The highest BCUT2D eigenvalue weighted by atomic mass is 32.2. The Morgan fingerprint density at radius 2 is 2.04 bits per heavy atom. The van der Waals surface area contributed by atoms with E-state index < -0.39 is 0 Å². The van der Waals surface area contributed by atoms with Crippen molar-refractivity contribution in [2.45, 2.75) is 36.9 Å². The molecule has 0 N–H and O–H groups in total. The Labute approximate surface area is 145 Å². The lowest BCUT2D eigenvalue weighted by Crippen LogP contribution is -2.52. The van der Waals surface area contributed by atoms with Gasteiger partial charge in [-0.05, 0) is 6.26 Å². The molecule has 0 radical (unpaired) electrons. The van der Waals surface area contributed by atoms with E-state index in [1.807, 2.05) is 36.6 Å². The summed E-state index contributed by atoms with van der Waals surface area (Å²) >= 11 is 7.03. The molecule has 1 unspecified atom stereocenters. The molecular weight excluding hydrogens is 334 g/mol. The second kappa shape index (κ2) is 6.31. The summed E-state index contributed by atoms with van der Waals surface area (Å²) in [4.78, 5) is 2.17. The zero-order valence-electron chi connectivity index (χ0n) is 13.0. The molecule has 1 aromatic carbocycles. The maximum atomic E-state index is 6.23. The van der Waals surface area contributed by atoms with Gasteiger partial charge >= 0.3 is 0 Å². The van der Waals surface area contributed by atoms with Crippen LogP contribution in [-0.2, 0) is 18.9 Å². The Kier molecular flexibility index (Phi) is 4.34. The summed E-state index contributed by atoms with van der Waals surface area (Å²) in [6.07, 6.45) is 1.16. The molecule has 0 bridgehead atoms. The van der Waals surface area contributed by atoms with Crippen molar-refractivity contribution in [2.24, 2.45) is 0 Å². The summed E-state index contributed by atoms with van der Waals surface area (Å²) in [6.45, 7) is 0.493. The van der Waals surface area contributed by atoms with E-state index in [-0.39, 0.29) is 36.9 Å². The Bertz CT molecular complexity index is 587. The largest absolute Gasteiger partial charge is 0.354 e. The smallest absolute Gasteiger partial charge is 0.184 e. The minimum atomic E-state index is -0.355. The monoisotopic (exact) mass is 353 g/mol. The van der Waals surface area contributed by atoms with Crippen molar-refractivity contribution in [1.29, 1.82) is 0 Å². The van der Waals surface area contributed by atoms with Gasteiger partial charge in [0.15, 0.2) is 12.6 Å². The Balaban J connectivity index is 1.54. The Hall–Kier alpha value is -0.700. The van der Waals surface area contributed by atoms with Gasteiger partial charge in [-0.15, -0.1) is 11.8 Å². The standard InChI is InChI=1S/C16H19NO4S2/c1-18-15-12-11(17(12)16(22)23-2)13-10(20-15)8-19-14(21-13)9-6-4-3-5-7-9/h3-7,10-15H,8H2,1-2H3/t10-,11+,12-,13-,14?,15+,17?/m1/s1. The van der Waals surface area contributed by atoms with Gasteiger partial charge < -0.3 is 23.8 Å². The fourth-order valence-corrected chi connectivity index (χ4v) is 4.16. The zero-order chi connectivity index (χ0) is 16.0. The highest BCUT2D eigenvalue weighted by molar-refractivity contribution is 8.22. The van der Waals surface area contributed by atoms with Gasteiger partial charge in [-0.25, -0.2) is 0 Å². The fourth-order valence-electron chi connectivity index (χ4n) is 3.46. The number of hydrogen-bond donors (Lipinski definition) is 0. The van der Waals surface area contributed by atoms with Gasteiger partial charge in [-0.1, -0.05) is 42.5 Å². The molecule has 4 rings (SSSR count). The van der Waals surface area contributed by atoms with E-state index in [1.54, 1.807) is 18.9 Å². The number of rotatable bonds is 2. The number of thiocarbonyl (C=S) groups is 1. The lowest BCUT2D eigenvalue weighted by Gasteiger charge is -2.40. The number of benzene rings is 1. The van der Waals surface area contributed by atoms with Crippen LogP contribution in [0.25, 0.3) is 0 Å². The van der Waals surface area contributed by atoms with Crippen molar-refractivity contribution < 1.29 is 18.9 Å². The van der Waals surface area contributed by atoms with Gasteiger partial charge in [0, 0.05) is 12.7 Å². The average Bonchev–Trinajstić information content (AvgIpc) is 3.36. The van der Waals surface area contributed by atoms with Crippen molar-refractivity contribution >= 4 is 28.3 Å². The van der Waals surface area contributed by atoms with Crippen LogP contribution >= 0.6 is 24.0 Å². The summed E-state index contributed by atoms with van der Waals surface area (Å²) in [5.74, 6) is 0. The van der Waals surface area contributed by atoms with E-state index in [1.165, 1.54) is 0 Å². The fraction of sp³-hybridized carbons (Fsp3) is 0.562. The molecule has 0 aliphatic carbocycles. The van der Waals surface area contributed by atoms with Gasteiger partial charge in [-0.2, -0.15) is 0 Å². The molecule has 0 aromatic heterocycles. The first-order chi connectivity index (χ1) is 11.2. The van der Waals surface area contributed by atoms with Crippen molar-refractivity contribution in [1.82, 2.24) is 4.90 Å². The molecule has 0 spiro atoms. The van der Waals surface area contributed by atoms with Crippen LogP contribution in [0.3, 0.4) is 0 Å². The zero-order valence-corrected chi connectivity index (χ0v) is 14.6. The third kappa shape index (κ3) is 2.69. The van der Waals surface area contributed by atoms with E-state index >= 15 is 0 Å². The highest BCUT2D eigenvalue weighted by Gasteiger charge is 2.65. The molecule has 6 atom stereocenters. The lowest BCUT2D eigenvalue weighted by molar-refractivity contribution is -0.304. The number of thioether (sulfide) groups is 1. The van der Waals surface area contributed by atoms with Gasteiger partial charge in [-0.3, -0.25) is 0 Å². The van der Waals surface area contributed by atoms with Gasteiger partial charge in [0.25, 0.3) is 0 Å². The highest BCUT2D eigenvalue weighted by Crippen LogP contribution is 2.47. The van der Waals surface area contributed by atoms with Crippen LogP contribution in [0.4, 0.5) is 0 Å². The molecule has 23 heavy (non-hydrogen) atoms. The van der Waals surface area contributed by atoms with E-state index in [0.717, 1.165) is 9.88 Å². The molecule has 3 heterocycles. The van der Waals surface area contributed by atoms with E-state index in [2.05, 4.69) is 4.90 Å². The number of fused-ring (bicyclic) bond motifs is 3. The summed E-state index contributed by atoms with van der Waals surface area (Å²) in [6, 6.07) is 10.3. The third-order valence-electron chi connectivity index (χ3n) is 4.58. The first kappa shape index (κ1) is 15.8. The molecule has 3 fully saturated rings. The van der Waals surface area contributed by atoms with Gasteiger partial charge in [0.05, 0.1) is 12.6 Å². The maximum absolute atomic E-state index is 6.23. The van der Waals surface area contributed by atoms with Crippen molar-refractivity contribution in [3.63, 3.8) is 0 Å². The van der Waals surface area contributed by atoms with Crippen molar-refractivity contribution in [3.8, 4) is 0 Å². The molecule has 124 valence electrons. The van der Waals surface area contributed by atoms with Crippen LogP contribution in [0.15, 0.2) is 30.3 Å². The van der Waals surface area contributed by atoms with E-state index in [0.29, 0.717) is 6.61 Å². The second-order valence-corrected chi connectivity index (χ2v) is 7.25. The van der Waals surface area contributed by atoms with Crippen LogP contribution in [0, 0.1) is 0 Å². The summed E-state index contributed by atoms with van der Waals surface area (Å²) in [7, 11) is 1.66. The molecule has 3 aliphatic heterocycles. The molecule has 7 heteroatoms. The molecule has 0 amide bonds. The average molecular weight is 353 g/mol.